The third kappa shape index (κ3) is 4.06. The van der Waals surface area contributed by atoms with Crippen molar-refractivity contribution in [2.24, 2.45) is 0 Å². The SMILES string of the molecule is CCN(CC)C(=O)c1cccc(NC(=O)c2cc(Cl)ccc2O)c1. The molecule has 0 saturated heterocycles. The van der Waals surface area contributed by atoms with Gasteiger partial charge in [0.05, 0.1) is 5.56 Å². The summed E-state index contributed by atoms with van der Waals surface area (Å²) in [5.41, 5.74) is 1.03. The molecule has 0 radical (unpaired) electrons. The summed E-state index contributed by atoms with van der Waals surface area (Å²) in [5, 5.41) is 12.8. The lowest BCUT2D eigenvalue weighted by Gasteiger charge is -2.19. The van der Waals surface area contributed by atoms with Crippen LogP contribution in [-0.2, 0) is 0 Å². The van der Waals surface area contributed by atoms with E-state index in [1.165, 1.54) is 18.2 Å². The Hall–Kier alpha value is -2.53. The van der Waals surface area contributed by atoms with Crippen molar-refractivity contribution in [2.75, 3.05) is 18.4 Å². The second-order valence-corrected chi connectivity index (χ2v) is 5.61. The maximum Gasteiger partial charge on any atom is 0.259 e. The van der Waals surface area contributed by atoms with Crippen LogP contribution in [0.4, 0.5) is 5.69 Å². The maximum atomic E-state index is 12.4. The Bertz CT molecular complexity index is 758. The van der Waals surface area contributed by atoms with E-state index >= 15 is 0 Å². The fourth-order valence-electron chi connectivity index (χ4n) is 2.31. The van der Waals surface area contributed by atoms with Crippen LogP contribution in [0.3, 0.4) is 0 Å². The van der Waals surface area contributed by atoms with Crippen molar-refractivity contribution in [2.45, 2.75) is 13.8 Å². The molecule has 2 aromatic carbocycles. The second kappa shape index (κ2) is 7.84. The van der Waals surface area contributed by atoms with Crippen molar-refractivity contribution in [3.63, 3.8) is 0 Å². The van der Waals surface area contributed by atoms with Crippen molar-refractivity contribution in [3.05, 3.63) is 58.6 Å². The largest absolute Gasteiger partial charge is 0.507 e. The van der Waals surface area contributed by atoms with Gasteiger partial charge >= 0.3 is 0 Å². The summed E-state index contributed by atoms with van der Waals surface area (Å²) < 4.78 is 0. The molecule has 2 rings (SSSR count). The van der Waals surface area contributed by atoms with E-state index in [1.54, 1.807) is 29.2 Å². The third-order valence-electron chi connectivity index (χ3n) is 3.62. The standard InChI is InChI=1S/C18H19ClN2O3/c1-3-21(4-2)18(24)12-6-5-7-14(10-12)20-17(23)15-11-13(19)8-9-16(15)22/h5-11,22H,3-4H2,1-2H3,(H,20,23). The third-order valence-corrected chi connectivity index (χ3v) is 3.86. The first-order chi connectivity index (χ1) is 11.5. The average Bonchev–Trinajstić information content (AvgIpc) is 2.58. The van der Waals surface area contributed by atoms with Crippen molar-refractivity contribution in [3.8, 4) is 5.75 Å². The van der Waals surface area contributed by atoms with Gasteiger partial charge in [-0.3, -0.25) is 9.59 Å². The molecule has 6 heteroatoms. The number of nitrogens with one attached hydrogen (secondary N) is 1. The molecule has 0 unspecified atom stereocenters. The molecule has 0 aliphatic heterocycles. The molecule has 0 aromatic heterocycles. The molecule has 0 aliphatic carbocycles. The predicted molar refractivity (Wildman–Crippen MR) is 94.8 cm³/mol. The van der Waals surface area contributed by atoms with E-state index in [0.29, 0.717) is 29.4 Å². The Morgan fingerprint density at radius 3 is 2.50 bits per heavy atom. The van der Waals surface area contributed by atoms with Crippen LogP contribution in [0.1, 0.15) is 34.6 Å². The van der Waals surface area contributed by atoms with Gasteiger partial charge in [0.2, 0.25) is 0 Å². The van der Waals surface area contributed by atoms with Gasteiger partial charge in [0.25, 0.3) is 11.8 Å². The number of aromatic hydroxyl groups is 1. The molecule has 0 saturated carbocycles. The van der Waals surface area contributed by atoms with Gasteiger partial charge in [-0.05, 0) is 50.2 Å². The summed E-state index contributed by atoms with van der Waals surface area (Å²) in [5.74, 6) is -0.753. The van der Waals surface area contributed by atoms with E-state index in [0.717, 1.165) is 0 Å². The fourth-order valence-corrected chi connectivity index (χ4v) is 2.48. The summed E-state index contributed by atoms with van der Waals surface area (Å²) in [6.45, 7) is 5.05. The molecular weight excluding hydrogens is 328 g/mol. The van der Waals surface area contributed by atoms with Gasteiger partial charge in [0.1, 0.15) is 5.75 Å². The average molecular weight is 347 g/mol. The summed E-state index contributed by atoms with van der Waals surface area (Å²) in [6.07, 6.45) is 0. The molecule has 0 atom stereocenters. The summed E-state index contributed by atoms with van der Waals surface area (Å²) >= 11 is 5.86. The minimum Gasteiger partial charge on any atom is -0.507 e. The molecule has 126 valence electrons. The number of hydrogen-bond acceptors (Lipinski definition) is 3. The lowest BCUT2D eigenvalue weighted by Crippen LogP contribution is -2.30. The number of benzene rings is 2. The lowest BCUT2D eigenvalue weighted by molar-refractivity contribution is 0.0772. The number of carbonyl (C=O) groups excluding carboxylic acids is 2. The predicted octanol–water partition coefficient (Wildman–Crippen LogP) is 3.78. The Balaban J connectivity index is 2.22. The minimum atomic E-state index is -0.498. The lowest BCUT2D eigenvalue weighted by atomic mass is 10.1. The molecule has 2 N–H and O–H groups in total. The highest BCUT2D eigenvalue weighted by Crippen LogP contribution is 2.23. The Morgan fingerprint density at radius 2 is 1.83 bits per heavy atom. The monoisotopic (exact) mass is 346 g/mol. The molecule has 0 heterocycles. The highest BCUT2D eigenvalue weighted by molar-refractivity contribution is 6.31. The number of amides is 2. The van der Waals surface area contributed by atoms with Crippen LogP contribution in [0.2, 0.25) is 5.02 Å². The van der Waals surface area contributed by atoms with Gasteiger partial charge in [-0.25, -0.2) is 0 Å². The molecule has 0 aliphatic rings. The van der Waals surface area contributed by atoms with E-state index in [4.69, 9.17) is 11.6 Å². The number of phenols is 1. The van der Waals surface area contributed by atoms with E-state index in [-0.39, 0.29) is 17.2 Å². The molecule has 0 fully saturated rings. The number of halogens is 1. The first-order valence-corrected chi connectivity index (χ1v) is 8.03. The van der Waals surface area contributed by atoms with Crippen molar-refractivity contribution >= 4 is 29.1 Å². The van der Waals surface area contributed by atoms with Gasteiger partial charge in [-0.2, -0.15) is 0 Å². The number of anilines is 1. The van der Waals surface area contributed by atoms with Gasteiger partial charge < -0.3 is 15.3 Å². The van der Waals surface area contributed by atoms with Crippen molar-refractivity contribution < 1.29 is 14.7 Å². The molecule has 2 amide bonds. The van der Waals surface area contributed by atoms with Crippen molar-refractivity contribution in [1.82, 2.24) is 4.90 Å². The van der Waals surface area contributed by atoms with E-state index in [2.05, 4.69) is 5.32 Å². The number of carbonyl (C=O) groups is 2. The van der Waals surface area contributed by atoms with Gasteiger partial charge in [-0.15, -0.1) is 0 Å². The molecular formula is C18H19ClN2O3. The normalized spacial score (nSPS) is 10.3. The smallest absolute Gasteiger partial charge is 0.259 e. The van der Waals surface area contributed by atoms with Crippen LogP contribution >= 0.6 is 11.6 Å². The van der Waals surface area contributed by atoms with Crippen LogP contribution in [0, 0.1) is 0 Å². The zero-order valence-electron chi connectivity index (χ0n) is 13.5. The number of rotatable bonds is 5. The van der Waals surface area contributed by atoms with Crippen LogP contribution in [0.5, 0.6) is 5.75 Å². The number of hydrogen-bond donors (Lipinski definition) is 2. The zero-order chi connectivity index (χ0) is 17.7. The minimum absolute atomic E-state index is 0.0722. The quantitative estimate of drug-likeness (QED) is 0.865. The van der Waals surface area contributed by atoms with E-state index < -0.39 is 5.91 Å². The highest BCUT2D eigenvalue weighted by atomic mass is 35.5. The van der Waals surface area contributed by atoms with Crippen molar-refractivity contribution in [1.29, 1.82) is 0 Å². The summed E-state index contributed by atoms with van der Waals surface area (Å²) in [7, 11) is 0. The van der Waals surface area contributed by atoms with Gasteiger partial charge in [0, 0.05) is 29.4 Å². The Labute approximate surface area is 145 Å². The molecule has 2 aromatic rings. The van der Waals surface area contributed by atoms with E-state index in [1.807, 2.05) is 13.8 Å². The molecule has 24 heavy (non-hydrogen) atoms. The summed E-state index contributed by atoms with van der Waals surface area (Å²) in [4.78, 5) is 26.4. The molecule has 5 nitrogen and oxygen atoms in total. The number of phenolic OH excluding ortho intramolecular Hbond substituents is 1. The van der Waals surface area contributed by atoms with Crippen LogP contribution in [-0.4, -0.2) is 34.9 Å². The molecule has 0 bridgehead atoms. The highest BCUT2D eigenvalue weighted by Gasteiger charge is 2.15. The topological polar surface area (TPSA) is 69.6 Å². The van der Waals surface area contributed by atoms with Crippen LogP contribution in [0.25, 0.3) is 0 Å². The van der Waals surface area contributed by atoms with Crippen LogP contribution < -0.4 is 5.32 Å². The van der Waals surface area contributed by atoms with Gasteiger partial charge in [0.15, 0.2) is 0 Å². The number of nitrogens with zero attached hydrogens (tertiary/aromatic N) is 1. The Morgan fingerprint density at radius 1 is 1.12 bits per heavy atom. The second-order valence-electron chi connectivity index (χ2n) is 5.17. The van der Waals surface area contributed by atoms with E-state index in [9.17, 15) is 14.7 Å². The molecule has 0 spiro atoms. The maximum absolute atomic E-state index is 12.4. The first kappa shape index (κ1) is 17.8. The first-order valence-electron chi connectivity index (χ1n) is 7.65. The van der Waals surface area contributed by atoms with Gasteiger partial charge in [-0.1, -0.05) is 17.7 Å². The zero-order valence-corrected chi connectivity index (χ0v) is 14.3. The Kier molecular flexibility index (Phi) is 5.82. The van der Waals surface area contributed by atoms with Crippen LogP contribution in [0.15, 0.2) is 42.5 Å². The fraction of sp³-hybridized carbons (Fsp3) is 0.222. The summed E-state index contributed by atoms with van der Waals surface area (Å²) in [6, 6.07) is 10.9.